The van der Waals surface area contributed by atoms with E-state index in [4.69, 9.17) is 10.5 Å². The minimum atomic E-state index is -0.230. The molecule has 1 heterocycles. The molecular formula is C14H20N2O2. The summed E-state index contributed by atoms with van der Waals surface area (Å²) in [5.41, 5.74) is 6.44. The van der Waals surface area contributed by atoms with Gasteiger partial charge < -0.3 is 10.5 Å². The highest BCUT2D eigenvalue weighted by atomic mass is 16.6. The van der Waals surface area contributed by atoms with Crippen LogP contribution < -0.4 is 5.73 Å². The van der Waals surface area contributed by atoms with Crippen LogP contribution in [-0.2, 0) is 11.3 Å². The lowest BCUT2D eigenvalue weighted by Crippen LogP contribution is -2.44. The third-order valence-corrected chi connectivity index (χ3v) is 3.48. The summed E-state index contributed by atoms with van der Waals surface area (Å²) < 4.78 is 5.20. The van der Waals surface area contributed by atoms with Crippen molar-refractivity contribution in [2.45, 2.75) is 31.8 Å². The smallest absolute Gasteiger partial charge is 0.410 e. The van der Waals surface area contributed by atoms with Crippen LogP contribution in [0.2, 0.25) is 0 Å². The van der Waals surface area contributed by atoms with E-state index < -0.39 is 0 Å². The monoisotopic (exact) mass is 248 g/mol. The molecule has 1 aromatic rings. The zero-order valence-electron chi connectivity index (χ0n) is 10.8. The van der Waals surface area contributed by atoms with Gasteiger partial charge in [-0.15, -0.1) is 0 Å². The summed E-state index contributed by atoms with van der Waals surface area (Å²) in [6.45, 7) is 3.76. The molecule has 1 amide bonds. The highest BCUT2D eigenvalue weighted by Gasteiger charge is 2.42. The maximum absolute atomic E-state index is 11.8. The molecule has 0 aliphatic carbocycles. The van der Waals surface area contributed by atoms with Crippen LogP contribution in [0.5, 0.6) is 0 Å². The number of carbonyl (C=O) groups excluding carboxylic acids is 1. The lowest BCUT2D eigenvalue weighted by atomic mass is 9.95. The van der Waals surface area contributed by atoms with Gasteiger partial charge in [-0.05, 0) is 31.9 Å². The Labute approximate surface area is 108 Å². The number of rotatable bonds is 5. The van der Waals surface area contributed by atoms with Crippen LogP contribution in [0.4, 0.5) is 4.79 Å². The molecule has 1 atom stereocenters. The van der Waals surface area contributed by atoms with Crippen LogP contribution in [0.1, 0.15) is 25.3 Å². The molecule has 4 heteroatoms. The van der Waals surface area contributed by atoms with Gasteiger partial charge in [0.25, 0.3) is 0 Å². The van der Waals surface area contributed by atoms with Gasteiger partial charge in [-0.2, -0.15) is 0 Å². The van der Waals surface area contributed by atoms with Crippen LogP contribution in [0.15, 0.2) is 30.3 Å². The molecule has 0 saturated carbocycles. The number of carbonyl (C=O) groups is 1. The van der Waals surface area contributed by atoms with Gasteiger partial charge in [0.15, 0.2) is 0 Å². The normalized spacial score (nSPS) is 23.2. The van der Waals surface area contributed by atoms with E-state index in [0.717, 1.165) is 18.4 Å². The number of benzene rings is 1. The Bertz CT molecular complexity index is 408. The Kier molecular flexibility index (Phi) is 3.87. The van der Waals surface area contributed by atoms with Crippen LogP contribution >= 0.6 is 0 Å². The molecule has 2 rings (SSSR count). The van der Waals surface area contributed by atoms with Crippen molar-refractivity contribution in [1.29, 1.82) is 0 Å². The lowest BCUT2D eigenvalue weighted by molar-refractivity contribution is 0.147. The predicted octanol–water partition coefficient (Wildman–Crippen LogP) is 2.14. The molecule has 1 aliphatic rings. The van der Waals surface area contributed by atoms with Crippen molar-refractivity contribution in [1.82, 2.24) is 4.90 Å². The van der Waals surface area contributed by atoms with E-state index in [-0.39, 0.29) is 11.6 Å². The Morgan fingerprint density at radius 3 is 2.78 bits per heavy atom. The summed E-state index contributed by atoms with van der Waals surface area (Å²) >= 11 is 0. The van der Waals surface area contributed by atoms with Crippen LogP contribution in [0.25, 0.3) is 0 Å². The Balaban J connectivity index is 2.10. The van der Waals surface area contributed by atoms with Gasteiger partial charge >= 0.3 is 6.09 Å². The molecule has 1 fully saturated rings. The number of hydrogen-bond acceptors (Lipinski definition) is 3. The van der Waals surface area contributed by atoms with Gasteiger partial charge in [-0.3, -0.25) is 4.90 Å². The quantitative estimate of drug-likeness (QED) is 0.868. The summed E-state index contributed by atoms with van der Waals surface area (Å²) in [5.74, 6) is 0. The standard InChI is InChI=1S/C14H20N2O2/c1-14(8-5-9-15)11-18-13(17)16(14)10-12-6-3-2-4-7-12/h2-4,6-7H,5,8-11,15H2,1H3. The van der Waals surface area contributed by atoms with Gasteiger partial charge in [0.2, 0.25) is 0 Å². The second-order valence-electron chi connectivity index (χ2n) is 5.02. The molecule has 0 bridgehead atoms. The summed E-state index contributed by atoms with van der Waals surface area (Å²) in [6, 6.07) is 9.98. The molecule has 1 unspecified atom stereocenters. The molecular weight excluding hydrogens is 228 g/mol. The maximum Gasteiger partial charge on any atom is 0.410 e. The Morgan fingerprint density at radius 1 is 1.39 bits per heavy atom. The number of nitrogens with zero attached hydrogens (tertiary/aromatic N) is 1. The minimum absolute atomic E-state index is 0.224. The largest absolute Gasteiger partial charge is 0.447 e. The van der Waals surface area contributed by atoms with E-state index in [2.05, 4.69) is 6.92 Å². The third-order valence-electron chi connectivity index (χ3n) is 3.48. The van der Waals surface area contributed by atoms with Gasteiger partial charge in [0.05, 0.1) is 5.54 Å². The van der Waals surface area contributed by atoms with E-state index in [1.54, 1.807) is 0 Å². The van der Waals surface area contributed by atoms with E-state index >= 15 is 0 Å². The fourth-order valence-corrected chi connectivity index (χ4v) is 2.30. The van der Waals surface area contributed by atoms with Crippen molar-refractivity contribution in [3.63, 3.8) is 0 Å². The van der Waals surface area contributed by atoms with Crippen LogP contribution in [0, 0.1) is 0 Å². The number of ether oxygens (including phenoxy) is 1. The highest BCUT2D eigenvalue weighted by molar-refractivity contribution is 5.71. The molecule has 18 heavy (non-hydrogen) atoms. The first-order valence-electron chi connectivity index (χ1n) is 6.34. The fourth-order valence-electron chi connectivity index (χ4n) is 2.30. The van der Waals surface area contributed by atoms with Crippen LogP contribution in [0.3, 0.4) is 0 Å². The average molecular weight is 248 g/mol. The van der Waals surface area contributed by atoms with E-state index in [0.29, 0.717) is 19.7 Å². The molecule has 1 saturated heterocycles. The number of cyclic esters (lactones) is 1. The molecule has 98 valence electrons. The fraction of sp³-hybridized carbons (Fsp3) is 0.500. The van der Waals surface area contributed by atoms with E-state index in [9.17, 15) is 4.79 Å². The molecule has 0 aromatic heterocycles. The first-order chi connectivity index (χ1) is 8.65. The zero-order valence-corrected chi connectivity index (χ0v) is 10.8. The third kappa shape index (κ3) is 2.64. The first kappa shape index (κ1) is 12.9. The van der Waals surface area contributed by atoms with Crippen molar-refractivity contribution in [2.24, 2.45) is 5.73 Å². The van der Waals surface area contributed by atoms with Gasteiger partial charge in [0.1, 0.15) is 6.61 Å². The number of hydrogen-bond donors (Lipinski definition) is 1. The van der Waals surface area contributed by atoms with Crippen LogP contribution in [-0.4, -0.2) is 29.7 Å². The second-order valence-corrected chi connectivity index (χ2v) is 5.02. The highest BCUT2D eigenvalue weighted by Crippen LogP contribution is 2.30. The second kappa shape index (κ2) is 5.40. The number of nitrogens with two attached hydrogens (primary N) is 1. The minimum Gasteiger partial charge on any atom is -0.447 e. The molecule has 0 spiro atoms. The lowest BCUT2D eigenvalue weighted by Gasteiger charge is -2.32. The van der Waals surface area contributed by atoms with Crippen molar-refractivity contribution < 1.29 is 9.53 Å². The predicted molar refractivity (Wildman–Crippen MR) is 70.0 cm³/mol. The van der Waals surface area contributed by atoms with Gasteiger partial charge in [-0.25, -0.2) is 4.79 Å². The number of amides is 1. The van der Waals surface area contributed by atoms with Gasteiger partial charge in [-0.1, -0.05) is 30.3 Å². The topological polar surface area (TPSA) is 55.6 Å². The molecule has 1 aromatic carbocycles. The zero-order chi connectivity index (χ0) is 13.0. The first-order valence-corrected chi connectivity index (χ1v) is 6.34. The van der Waals surface area contributed by atoms with Crippen molar-refractivity contribution in [3.05, 3.63) is 35.9 Å². The summed E-state index contributed by atoms with van der Waals surface area (Å²) in [6.07, 6.45) is 1.55. The molecule has 1 aliphatic heterocycles. The molecule has 2 N–H and O–H groups in total. The van der Waals surface area contributed by atoms with E-state index in [1.807, 2.05) is 35.2 Å². The van der Waals surface area contributed by atoms with E-state index in [1.165, 1.54) is 0 Å². The van der Waals surface area contributed by atoms with Crippen molar-refractivity contribution >= 4 is 6.09 Å². The molecule has 0 radical (unpaired) electrons. The average Bonchev–Trinajstić information content (AvgIpc) is 2.67. The van der Waals surface area contributed by atoms with Gasteiger partial charge in [0, 0.05) is 6.54 Å². The summed E-state index contributed by atoms with van der Waals surface area (Å²) in [5, 5.41) is 0. The van der Waals surface area contributed by atoms with Crippen molar-refractivity contribution in [3.8, 4) is 0 Å². The maximum atomic E-state index is 11.8. The summed E-state index contributed by atoms with van der Waals surface area (Å²) in [7, 11) is 0. The SMILES string of the molecule is CC1(CCCN)COC(=O)N1Cc1ccccc1. The Hall–Kier alpha value is -1.55. The summed E-state index contributed by atoms with van der Waals surface area (Å²) in [4.78, 5) is 13.6. The Morgan fingerprint density at radius 2 is 2.11 bits per heavy atom. The van der Waals surface area contributed by atoms with Crippen molar-refractivity contribution in [2.75, 3.05) is 13.2 Å². The molecule has 4 nitrogen and oxygen atoms in total.